The quantitative estimate of drug-likeness (QED) is 0.674. The number of hydrogen-bond donors (Lipinski definition) is 1. The largest absolute Gasteiger partial charge is 0.507 e. The van der Waals surface area contributed by atoms with Gasteiger partial charge in [-0.05, 0) is 38.2 Å². The number of aryl methyl sites for hydroxylation is 2. The van der Waals surface area contributed by atoms with Gasteiger partial charge in [-0.15, -0.1) is 11.8 Å². The molecule has 1 aromatic carbocycles. The third kappa shape index (κ3) is 1.44. The molecule has 0 bridgehead atoms. The maximum absolute atomic E-state index is 9.63. The van der Waals surface area contributed by atoms with Gasteiger partial charge in [-0.25, -0.2) is 0 Å². The third-order valence-electron chi connectivity index (χ3n) is 2.06. The third-order valence-corrected chi connectivity index (χ3v) is 3.10. The molecule has 0 fully saturated rings. The van der Waals surface area contributed by atoms with E-state index in [1.54, 1.807) is 11.8 Å². The number of thioether (sulfide) groups is 1. The summed E-state index contributed by atoms with van der Waals surface area (Å²) in [6.07, 6.45) is 2.03. The summed E-state index contributed by atoms with van der Waals surface area (Å²) < 4.78 is 0. The first kappa shape index (κ1) is 9.46. The Balaban J connectivity index is 3.40. The van der Waals surface area contributed by atoms with Crippen molar-refractivity contribution in [3.05, 3.63) is 22.8 Å². The van der Waals surface area contributed by atoms with Gasteiger partial charge in [-0.3, -0.25) is 0 Å². The van der Waals surface area contributed by atoms with E-state index in [0.717, 1.165) is 11.1 Å². The summed E-state index contributed by atoms with van der Waals surface area (Å²) in [5.74, 6) is 0.435. The molecule has 0 radical (unpaired) electrons. The minimum absolute atomic E-state index is 0.435. The molecular weight excluding hydrogens is 168 g/mol. The molecule has 0 aliphatic carbocycles. The lowest BCUT2D eigenvalue weighted by atomic mass is 10.1. The van der Waals surface area contributed by atoms with Gasteiger partial charge >= 0.3 is 0 Å². The second-order valence-corrected chi connectivity index (χ2v) is 3.83. The van der Waals surface area contributed by atoms with E-state index >= 15 is 0 Å². The van der Waals surface area contributed by atoms with Crippen LogP contribution in [0.5, 0.6) is 5.75 Å². The summed E-state index contributed by atoms with van der Waals surface area (Å²) in [5, 5.41) is 9.63. The Bertz CT molecular complexity index is 305. The normalized spacial score (nSPS) is 10.3. The van der Waals surface area contributed by atoms with E-state index in [4.69, 9.17) is 0 Å². The van der Waals surface area contributed by atoms with Gasteiger partial charge in [-0.2, -0.15) is 0 Å². The molecule has 0 aliphatic rings. The first-order chi connectivity index (χ1) is 5.57. The Labute approximate surface area is 77.8 Å². The highest BCUT2D eigenvalue weighted by Crippen LogP contribution is 2.32. The van der Waals surface area contributed by atoms with Crippen LogP contribution in [-0.4, -0.2) is 11.4 Å². The molecule has 66 valence electrons. The van der Waals surface area contributed by atoms with E-state index in [0.29, 0.717) is 5.75 Å². The lowest BCUT2D eigenvalue weighted by molar-refractivity contribution is 0.464. The molecule has 0 aliphatic heterocycles. The van der Waals surface area contributed by atoms with Crippen LogP contribution in [-0.2, 0) is 0 Å². The monoisotopic (exact) mass is 182 g/mol. The average Bonchev–Trinajstić information content (AvgIpc) is 2.01. The Kier molecular flexibility index (Phi) is 2.68. The first-order valence-electron chi connectivity index (χ1n) is 3.91. The van der Waals surface area contributed by atoms with Gasteiger partial charge < -0.3 is 5.11 Å². The second-order valence-electron chi connectivity index (χ2n) is 3.02. The van der Waals surface area contributed by atoms with Crippen LogP contribution in [0.25, 0.3) is 0 Å². The summed E-state index contributed by atoms with van der Waals surface area (Å²) in [6.45, 7) is 5.96. The number of aromatic hydroxyl groups is 1. The molecule has 1 N–H and O–H groups in total. The molecule has 0 amide bonds. The van der Waals surface area contributed by atoms with Crippen LogP contribution < -0.4 is 0 Å². The van der Waals surface area contributed by atoms with E-state index in [1.807, 2.05) is 26.2 Å². The van der Waals surface area contributed by atoms with Crippen LogP contribution in [0.1, 0.15) is 16.7 Å². The van der Waals surface area contributed by atoms with Crippen molar-refractivity contribution >= 4 is 11.8 Å². The van der Waals surface area contributed by atoms with Crippen molar-refractivity contribution in [2.24, 2.45) is 0 Å². The minimum Gasteiger partial charge on any atom is -0.507 e. The number of hydrogen-bond acceptors (Lipinski definition) is 2. The molecule has 1 aromatic rings. The molecule has 0 saturated carbocycles. The van der Waals surface area contributed by atoms with Gasteiger partial charge in [0.1, 0.15) is 5.75 Å². The van der Waals surface area contributed by atoms with Crippen molar-refractivity contribution in [3.8, 4) is 5.75 Å². The highest BCUT2D eigenvalue weighted by atomic mass is 32.2. The van der Waals surface area contributed by atoms with E-state index in [1.165, 1.54) is 10.5 Å². The minimum atomic E-state index is 0.435. The zero-order valence-electron chi connectivity index (χ0n) is 7.93. The topological polar surface area (TPSA) is 20.2 Å². The van der Waals surface area contributed by atoms with Crippen LogP contribution in [0.4, 0.5) is 0 Å². The Morgan fingerprint density at radius 1 is 1.17 bits per heavy atom. The predicted octanol–water partition coefficient (Wildman–Crippen LogP) is 3.04. The predicted molar refractivity (Wildman–Crippen MR) is 54.1 cm³/mol. The van der Waals surface area contributed by atoms with E-state index < -0.39 is 0 Å². The highest BCUT2D eigenvalue weighted by molar-refractivity contribution is 7.98. The Morgan fingerprint density at radius 3 is 2.25 bits per heavy atom. The van der Waals surface area contributed by atoms with Crippen molar-refractivity contribution in [2.75, 3.05) is 6.26 Å². The maximum Gasteiger partial charge on any atom is 0.122 e. The summed E-state index contributed by atoms with van der Waals surface area (Å²) >= 11 is 1.68. The van der Waals surface area contributed by atoms with Gasteiger partial charge in [0, 0.05) is 10.5 Å². The van der Waals surface area contributed by atoms with Crippen molar-refractivity contribution in [1.82, 2.24) is 0 Å². The zero-order chi connectivity index (χ0) is 9.30. The molecule has 1 nitrogen and oxygen atoms in total. The molecule has 12 heavy (non-hydrogen) atoms. The van der Waals surface area contributed by atoms with Gasteiger partial charge in [0.2, 0.25) is 0 Å². The van der Waals surface area contributed by atoms with Crippen LogP contribution in [0, 0.1) is 20.8 Å². The van der Waals surface area contributed by atoms with Crippen LogP contribution in [0.15, 0.2) is 11.0 Å². The van der Waals surface area contributed by atoms with E-state index in [-0.39, 0.29) is 0 Å². The number of phenols is 1. The molecule has 0 spiro atoms. The Hall–Kier alpha value is -0.630. The van der Waals surface area contributed by atoms with Crippen molar-refractivity contribution in [3.63, 3.8) is 0 Å². The fourth-order valence-electron chi connectivity index (χ4n) is 1.47. The highest BCUT2D eigenvalue weighted by Gasteiger charge is 2.08. The fourth-order valence-corrected chi connectivity index (χ4v) is 2.26. The molecular formula is C10H14OS. The average molecular weight is 182 g/mol. The second kappa shape index (κ2) is 3.40. The smallest absolute Gasteiger partial charge is 0.122 e. The number of phenolic OH excluding ortho intramolecular Hbond substituents is 1. The van der Waals surface area contributed by atoms with Crippen molar-refractivity contribution < 1.29 is 5.11 Å². The Morgan fingerprint density at radius 2 is 1.75 bits per heavy atom. The molecule has 2 heteroatoms. The maximum atomic E-state index is 9.63. The molecule has 1 rings (SSSR count). The summed E-state index contributed by atoms with van der Waals surface area (Å²) in [7, 11) is 0. The van der Waals surface area contributed by atoms with Gasteiger partial charge in [0.25, 0.3) is 0 Å². The summed E-state index contributed by atoms with van der Waals surface area (Å²) in [4.78, 5) is 1.19. The molecule has 0 aromatic heterocycles. The fraction of sp³-hybridized carbons (Fsp3) is 0.400. The SMILES string of the molecule is CSc1c(C)cc(C)c(O)c1C. The van der Waals surface area contributed by atoms with Crippen LogP contribution >= 0.6 is 11.8 Å². The van der Waals surface area contributed by atoms with E-state index in [2.05, 4.69) is 6.92 Å². The standard InChI is InChI=1S/C10H14OS/c1-6-5-7(2)10(12-4)8(3)9(6)11/h5,11H,1-4H3. The van der Waals surface area contributed by atoms with E-state index in [9.17, 15) is 5.11 Å². The molecule has 0 atom stereocenters. The zero-order valence-corrected chi connectivity index (χ0v) is 8.75. The van der Waals surface area contributed by atoms with Crippen LogP contribution in [0.3, 0.4) is 0 Å². The summed E-state index contributed by atoms with van der Waals surface area (Å²) in [6, 6.07) is 2.02. The van der Waals surface area contributed by atoms with Gasteiger partial charge in [0.15, 0.2) is 0 Å². The summed E-state index contributed by atoms with van der Waals surface area (Å²) in [5.41, 5.74) is 3.21. The number of benzene rings is 1. The van der Waals surface area contributed by atoms with Crippen molar-refractivity contribution in [2.45, 2.75) is 25.7 Å². The lowest BCUT2D eigenvalue weighted by Gasteiger charge is -2.10. The molecule has 0 unspecified atom stereocenters. The molecule has 0 heterocycles. The number of rotatable bonds is 1. The van der Waals surface area contributed by atoms with Gasteiger partial charge in [-0.1, -0.05) is 6.07 Å². The van der Waals surface area contributed by atoms with Crippen molar-refractivity contribution in [1.29, 1.82) is 0 Å². The lowest BCUT2D eigenvalue weighted by Crippen LogP contribution is -1.88. The molecule has 0 saturated heterocycles. The van der Waals surface area contributed by atoms with Crippen LogP contribution in [0.2, 0.25) is 0 Å². The first-order valence-corrected chi connectivity index (χ1v) is 5.14. The van der Waals surface area contributed by atoms with Gasteiger partial charge in [0.05, 0.1) is 0 Å².